The lowest BCUT2D eigenvalue weighted by atomic mass is 10.1. The number of nitrogens with one attached hydrogen (secondary N) is 1. The van der Waals surface area contributed by atoms with Gasteiger partial charge in [0, 0.05) is 19.3 Å². The molecule has 7 heteroatoms. The largest absolute Gasteiger partial charge is 0.384 e. The number of sulfone groups is 1. The average Bonchev–Trinajstić information content (AvgIpc) is 2.63. The Labute approximate surface area is 124 Å². The molecular formula is C14H18N2O4S. The van der Waals surface area contributed by atoms with Gasteiger partial charge in [0.25, 0.3) is 11.8 Å². The summed E-state index contributed by atoms with van der Waals surface area (Å²) in [6.07, 6.45) is 0. The zero-order chi connectivity index (χ0) is 15.8. The Morgan fingerprint density at radius 2 is 1.76 bits per heavy atom. The molecule has 1 aliphatic rings. The first kappa shape index (κ1) is 15.5. The van der Waals surface area contributed by atoms with Crippen LogP contribution < -0.4 is 5.32 Å². The van der Waals surface area contributed by atoms with Crippen LogP contribution in [0.25, 0.3) is 0 Å². The lowest BCUT2D eigenvalue weighted by Crippen LogP contribution is -2.24. The lowest BCUT2D eigenvalue weighted by Gasteiger charge is -2.10. The standard InChI is InChI=1S/C14H18N2O4S/c1-9(2)21(19,20)7-6-15-10-4-5-11-12(8-10)14(18)16(3)13(11)17/h4-5,8-9,15H,6-7H2,1-3H3. The topological polar surface area (TPSA) is 83.6 Å². The molecule has 2 rings (SSSR count). The molecule has 0 spiro atoms. The number of nitrogens with zero attached hydrogens (tertiary/aromatic N) is 1. The summed E-state index contributed by atoms with van der Waals surface area (Å²) in [4.78, 5) is 24.7. The molecule has 0 bridgehead atoms. The zero-order valence-corrected chi connectivity index (χ0v) is 13.0. The van der Waals surface area contributed by atoms with E-state index in [4.69, 9.17) is 0 Å². The number of anilines is 1. The summed E-state index contributed by atoms with van der Waals surface area (Å²) in [5, 5.41) is 2.56. The van der Waals surface area contributed by atoms with E-state index in [0.717, 1.165) is 4.90 Å². The Morgan fingerprint density at radius 3 is 2.38 bits per heavy atom. The van der Waals surface area contributed by atoms with Crippen LogP contribution >= 0.6 is 0 Å². The van der Waals surface area contributed by atoms with Gasteiger partial charge in [-0.2, -0.15) is 0 Å². The molecule has 114 valence electrons. The van der Waals surface area contributed by atoms with Crippen molar-refractivity contribution in [2.45, 2.75) is 19.1 Å². The number of hydrogen-bond acceptors (Lipinski definition) is 5. The van der Waals surface area contributed by atoms with Crippen molar-refractivity contribution in [1.29, 1.82) is 0 Å². The van der Waals surface area contributed by atoms with Gasteiger partial charge < -0.3 is 5.32 Å². The van der Waals surface area contributed by atoms with E-state index in [1.807, 2.05) is 0 Å². The molecule has 0 atom stereocenters. The second-order valence-electron chi connectivity index (χ2n) is 5.27. The summed E-state index contributed by atoms with van der Waals surface area (Å²) in [5.41, 5.74) is 1.35. The van der Waals surface area contributed by atoms with Crippen molar-refractivity contribution < 1.29 is 18.0 Å². The fraction of sp³-hybridized carbons (Fsp3) is 0.429. The smallest absolute Gasteiger partial charge is 0.261 e. The number of hydrogen-bond donors (Lipinski definition) is 1. The Balaban J connectivity index is 2.08. The molecule has 1 N–H and O–H groups in total. The van der Waals surface area contributed by atoms with E-state index in [-0.39, 0.29) is 24.1 Å². The molecular weight excluding hydrogens is 292 g/mol. The molecule has 2 amide bonds. The predicted octanol–water partition coefficient (Wildman–Crippen LogP) is 1.15. The summed E-state index contributed by atoms with van der Waals surface area (Å²) >= 11 is 0. The van der Waals surface area contributed by atoms with Gasteiger partial charge in [-0.25, -0.2) is 8.42 Å². The summed E-state index contributed by atoms with van der Waals surface area (Å²) in [6, 6.07) is 4.84. The van der Waals surface area contributed by atoms with Crippen LogP contribution in [0.2, 0.25) is 0 Å². The van der Waals surface area contributed by atoms with Crippen molar-refractivity contribution in [2.24, 2.45) is 0 Å². The van der Waals surface area contributed by atoms with E-state index in [9.17, 15) is 18.0 Å². The van der Waals surface area contributed by atoms with Crippen molar-refractivity contribution in [2.75, 3.05) is 24.7 Å². The minimum atomic E-state index is -3.10. The summed E-state index contributed by atoms with van der Waals surface area (Å²) in [6.45, 7) is 3.55. The summed E-state index contributed by atoms with van der Waals surface area (Å²) < 4.78 is 23.4. The quantitative estimate of drug-likeness (QED) is 0.825. The molecule has 0 aromatic heterocycles. The second kappa shape index (κ2) is 5.48. The van der Waals surface area contributed by atoms with Crippen LogP contribution in [0.4, 0.5) is 5.69 Å². The Hall–Kier alpha value is -1.89. The molecule has 1 aliphatic heterocycles. The zero-order valence-electron chi connectivity index (χ0n) is 12.2. The number of benzene rings is 1. The average molecular weight is 310 g/mol. The van der Waals surface area contributed by atoms with Crippen molar-refractivity contribution in [3.05, 3.63) is 29.3 Å². The van der Waals surface area contributed by atoms with E-state index < -0.39 is 15.1 Å². The molecule has 6 nitrogen and oxygen atoms in total. The highest BCUT2D eigenvalue weighted by Crippen LogP contribution is 2.24. The first-order valence-corrected chi connectivity index (χ1v) is 8.37. The van der Waals surface area contributed by atoms with Gasteiger partial charge in [-0.05, 0) is 32.0 Å². The minimum Gasteiger partial charge on any atom is -0.384 e. The Bertz CT molecular complexity index is 695. The van der Waals surface area contributed by atoms with Gasteiger partial charge in [0.2, 0.25) is 0 Å². The van der Waals surface area contributed by atoms with Crippen molar-refractivity contribution in [3.63, 3.8) is 0 Å². The number of imide groups is 1. The van der Waals surface area contributed by atoms with Gasteiger partial charge in [0.1, 0.15) is 0 Å². The van der Waals surface area contributed by atoms with Gasteiger partial charge in [-0.15, -0.1) is 0 Å². The predicted molar refractivity (Wildman–Crippen MR) is 80.3 cm³/mol. The molecule has 1 aromatic rings. The third kappa shape index (κ3) is 2.92. The van der Waals surface area contributed by atoms with Crippen LogP contribution in [-0.2, 0) is 9.84 Å². The third-order valence-electron chi connectivity index (χ3n) is 3.52. The number of fused-ring (bicyclic) bond motifs is 1. The van der Waals surface area contributed by atoms with Crippen molar-refractivity contribution >= 4 is 27.3 Å². The van der Waals surface area contributed by atoms with Crippen LogP contribution in [0.1, 0.15) is 34.6 Å². The summed E-state index contributed by atoms with van der Waals surface area (Å²) in [5.74, 6) is -0.633. The van der Waals surface area contributed by atoms with Gasteiger partial charge >= 0.3 is 0 Å². The summed E-state index contributed by atoms with van der Waals surface area (Å²) in [7, 11) is -1.66. The molecule has 1 aromatic carbocycles. The monoisotopic (exact) mass is 310 g/mol. The van der Waals surface area contributed by atoms with Crippen LogP contribution in [0, 0.1) is 0 Å². The molecule has 0 unspecified atom stereocenters. The van der Waals surface area contributed by atoms with E-state index in [2.05, 4.69) is 5.32 Å². The molecule has 1 heterocycles. The number of carbonyl (C=O) groups excluding carboxylic acids is 2. The van der Waals surface area contributed by atoms with Crippen molar-refractivity contribution in [3.8, 4) is 0 Å². The highest BCUT2D eigenvalue weighted by molar-refractivity contribution is 7.92. The van der Waals surface area contributed by atoms with Crippen LogP contribution in [-0.4, -0.2) is 49.7 Å². The maximum atomic E-state index is 11.9. The van der Waals surface area contributed by atoms with Crippen LogP contribution in [0.5, 0.6) is 0 Å². The van der Waals surface area contributed by atoms with E-state index in [1.165, 1.54) is 7.05 Å². The highest BCUT2D eigenvalue weighted by Gasteiger charge is 2.32. The highest BCUT2D eigenvalue weighted by atomic mass is 32.2. The SMILES string of the molecule is CC(C)S(=O)(=O)CCNc1ccc2c(c1)C(=O)N(C)C2=O. The lowest BCUT2D eigenvalue weighted by molar-refractivity contribution is 0.0693. The molecule has 0 saturated carbocycles. The molecule has 0 aliphatic carbocycles. The molecule has 0 saturated heterocycles. The van der Waals surface area contributed by atoms with Gasteiger partial charge in [0.15, 0.2) is 9.84 Å². The fourth-order valence-electron chi connectivity index (χ4n) is 2.04. The van der Waals surface area contributed by atoms with Crippen molar-refractivity contribution in [1.82, 2.24) is 4.90 Å². The second-order valence-corrected chi connectivity index (χ2v) is 7.95. The van der Waals surface area contributed by atoms with E-state index >= 15 is 0 Å². The number of carbonyl (C=O) groups is 2. The fourth-order valence-corrected chi connectivity index (χ4v) is 2.90. The minimum absolute atomic E-state index is 0.0224. The number of amides is 2. The van der Waals surface area contributed by atoms with E-state index in [0.29, 0.717) is 16.8 Å². The van der Waals surface area contributed by atoms with Gasteiger partial charge in [0.05, 0.1) is 22.1 Å². The molecule has 21 heavy (non-hydrogen) atoms. The molecule has 0 fully saturated rings. The first-order chi connectivity index (χ1) is 9.74. The maximum absolute atomic E-state index is 11.9. The Kier molecular flexibility index (Phi) is 4.04. The van der Waals surface area contributed by atoms with Crippen LogP contribution in [0.15, 0.2) is 18.2 Å². The third-order valence-corrected chi connectivity index (χ3v) is 5.73. The normalized spacial score (nSPS) is 14.8. The van der Waals surface area contributed by atoms with Gasteiger partial charge in [-0.1, -0.05) is 0 Å². The van der Waals surface area contributed by atoms with E-state index in [1.54, 1.807) is 32.0 Å². The van der Waals surface area contributed by atoms with Gasteiger partial charge in [-0.3, -0.25) is 14.5 Å². The maximum Gasteiger partial charge on any atom is 0.261 e. The van der Waals surface area contributed by atoms with Crippen LogP contribution in [0.3, 0.4) is 0 Å². The number of rotatable bonds is 5. The Morgan fingerprint density at radius 1 is 1.14 bits per heavy atom. The first-order valence-electron chi connectivity index (χ1n) is 6.66. The molecule has 0 radical (unpaired) electrons.